The molecule has 2 aromatic carbocycles. The number of nitrogens with zero attached hydrogens (tertiary/aromatic N) is 1. The van der Waals surface area contributed by atoms with Crippen LogP contribution in [0.25, 0.3) is 11.1 Å². The molecule has 174 valence electrons. The lowest BCUT2D eigenvalue weighted by Gasteiger charge is -2.25. The maximum absolute atomic E-state index is 12.8. The number of carboxylic acids is 1. The fourth-order valence-electron chi connectivity index (χ4n) is 4.59. The minimum atomic E-state index is -0.967. The van der Waals surface area contributed by atoms with E-state index in [1.807, 2.05) is 24.3 Å². The third-order valence-electron chi connectivity index (χ3n) is 6.39. The van der Waals surface area contributed by atoms with Crippen LogP contribution in [0.15, 0.2) is 48.5 Å². The van der Waals surface area contributed by atoms with E-state index in [4.69, 9.17) is 14.6 Å². The zero-order valence-corrected chi connectivity index (χ0v) is 18.7. The van der Waals surface area contributed by atoms with E-state index in [2.05, 4.69) is 29.6 Å². The van der Waals surface area contributed by atoms with Gasteiger partial charge in [0.2, 0.25) is 5.91 Å². The minimum absolute atomic E-state index is 0.0518. The van der Waals surface area contributed by atoms with Gasteiger partial charge in [0.15, 0.2) is 0 Å². The highest BCUT2D eigenvalue weighted by Crippen LogP contribution is 2.44. The number of fused-ring (bicyclic) bond motifs is 3. The van der Waals surface area contributed by atoms with Crippen LogP contribution in [0.4, 0.5) is 4.79 Å². The first-order chi connectivity index (χ1) is 15.9. The first-order valence-electron chi connectivity index (χ1n) is 11.0. The van der Waals surface area contributed by atoms with Crippen LogP contribution >= 0.6 is 0 Å². The van der Waals surface area contributed by atoms with Crippen molar-refractivity contribution in [1.29, 1.82) is 0 Å². The molecule has 2 aliphatic rings. The van der Waals surface area contributed by atoms with E-state index >= 15 is 0 Å². The van der Waals surface area contributed by atoms with Gasteiger partial charge in [-0.1, -0.05) is 55.5 Å². The number of carbonyl (C=O) groups is 3. The van der Waals surface area contributed by atoms with Crippen molar-refractivity contribution >= 4 is 18.0 Å². The summed E-state index contributed by atoms with van der Waals surface area (Å²) in [5, 5.41) is 11.8. The maximum Gasteiger partial charge on any atom is 0.407 e. The van der Waals surface area contributed by atoms with Crippen LogP contribution in [0.2, 0.25) is 0 Å². The van der Waals surface area contributed by atoms with Crippen LogP contribution < -0.4 is 5.32 Å². The van der Waals surface area contributed by atoms with Crippen LogP contribution in [-0.4, -0.2) is 67.4 Å². The van der Waals surface area contributed by atoms with Gasteiger partial charge in [0.05, 0.1) is 31.1 Å². The molecule has 0 spiro atoms. The van der Waals surface area contributed by atoms with Crippen molar-refractivity contribution in [3.8, 4) is 11.1 Å². The number of nitrogens with one attached hydrogen (secondary N) is 1. The summed E-state index contributed by atoms with van der Waals surface area (Å²) in [6.45, 7) is 2.18. The number of ether oxygens (including phenoxy) is 2. The molecule has 1 heterocycles. The molecule has 3 atom stereocenters. The first kappa shape index (κ1) is 22.8. The van der Waals surface area contributed by atoms with Gasteiger partial charge in [-0.25, -0.2) is 4.79 Å². The minimum Gasteiger partial charge on any atom is -0.481 e. The molecule has 4 rings (SSSR count). The van der Waals surface area contributed by atoms with Crippen molar-refractivity contribution in [3.05, 3.63) is 59.7 Å². The van der Waals surface area contributed by atoms with Gasteiger partial charge in [-0.15, -0.1) is 0 Å². The molecule has 0 saturated carbocycles. The van der Waals surface area contributed by atoms with Gasteiger partial charge < -0.3 is 24.8 Å². The van der Waals surface area contributed by atoms with E-state index in [0.29, 0.717) is 0 Å². The molecule has 1 aliphatic carbocycles. The molecule has 3 unspecified atom stereocenters. The van der Waals surface area contributed by atoms with Crippen LogP contribution in [0.1, 0.15) is 24.0 Å². The number of carboxylic acid groups (broad SMARTS) is 1. The average Bonchev–Trinajstić information content (AvgIpc) is 3.39. The second-order valence-electron chi connectivity index (χ2n) is 8.68. The molecule has 8 heteroatoms. The number of amides is 2. The van der Waals surface area contributed by atoms with E-state index in [1.165, 1.54) is 4.90 Å². The van der Waals surface area contributed by atoms with E-state index in [-0.39, 0.29) is 38.2 Å². The zero-order chi connectivity index (χ0) is 23.5. The highest BCUT2D eigenvalue weighted by molar-refractivity contribution is 5.82. The van der Waals surface area contributed by atoms with Crippen LogP contribution in [0.3, 0.4) is 0 Å². The Balaban J connectivity index is 1.36. The van der Waals surface area contributed by atoms with Crippen LogP contribution in [-0.2, 0) is 19.1 Å². The van der Waals surface area contributed by atoms with Crippen molar-refractivity contribution in [1.82, 2.24) is 10.2 Å². The van der Waals surface area contributed by atoms with Gasteiger partial charge in [0, 0.05) is 19.5 Å². The second kappa shape index (κ2) is 9.62. The van der Waals surface area contributed by atoms with Gasteiger partial charge in [-0.3, -0.25) is 9.59 Å². The zero-order valence-electron chi connectivity index (χ0n) is 18.7. The van der Waals surface area contributed by atoms with E-state index in [9.17, 15) is 14.4 Å². The molecule has 33 heavy (non-hydrogen) atoms. The lowest BCUT2D eigenvalue weighted by atomic mass is 9.98. The van der Waals surface area contributed by atoms with Gasteiger partial charge in [-0.05, 0) is 22.3 Å². The maximum atomic E-state index is 12.8. The Morgan fingerprint density at radius 3 is 2.30 bits per heavy atom. The number of hydrogen-bond donors (Lipinski definition) is 2. The van der Waals surface area contributed by atoms with Gasteiger partial charge in [-0.2, -0.15) is 0 Å². The summed E-state index contributed by atoms with van der Waals surface area (Å²) in [4.78, 5) is 37.9. The quantitative estimate of drug-likeness (QED) is 0.669. The van der Waals surface area contributed by atoms with E-state index in [0.717, 1.165) is 22.3 Å². The summed E-state index contributed by atoms with van der Waals surface area (Å²) in [5.41, 5.74) is 4.54. The SMILES string of the molecule is CC(CN(C)C(=O)C1COCC1NC(=O)OCC1c2ccccc2-c2ccccc21)C(=O)O. The summed E-state index contributed by atoms with van der Waals surface area (Å²) in [5.74, 6) is -2.55. The van der Waals surface area contributed by atoms with E-state index in [1.54, 1.807) is 14.0 Å². The van der Waals surface area contributed by atoms with Gasteiger partial charge in [0.25, 0.3) is 0 Å². The van der Waals surface area contributed by atoms with Crippen molar-refractivity contribution in [3.63, 3.8) is 0 Å². The summed E-state index contributed by atoms with van der Waals surface area (Å²) >= 11 is 0. The fourth-order valence-corrected chi connectivity index (χ4v) is 4.59. The highest BCUT2D eigenvalue weighted by Gasteiger charge is 2.38. The Morgan fingerprint density at radius 2 is 1.70 bits per heavy atom. The standard InChI is InChI=1S/C25H28N2O6/c1-15(24(29)30)11-27(2)23(28)21-12-32-14-22(21)26-25(31)33-13-20-18-9-5-3-7-16(18)17-8-4-6-10-19(17)20/h3-10,15,20-22H,11-14H2,1-2H3,(H,26,31)(H,29,30). The number of alkyl carbamates (subject to hydrolysis) is 1. The Labute approximate surface area is 192 Å². The van der Waals surface area contributed by atoms with Crippen molar-refractivity contribution in [2.45, 2.75) is 18.9 Å². The Hall–Kier alpha value is -3.39. The summed E-state index contributed by atoms with van der Waals surface area (Å²) in [6.07, 6.45) is -0.605. The molecule has 0 radical (unpaired) electrons. The predicted molar refractivity (Wildman–Crippen MR) is 121 cm³/mol. The lowest BCUT2D eigenvalue weighted by molar-refractivity contribution is -0.143. The molecule has 1 aliphatic heterocycles. The monoisotopic (exact) mass is 452 g/mol. The molecular weight excluding hydrogens is 424 g/mol. The molecule has 2 N–H and O–H groups in total. The van der Waals surface area contributed by atoms with E-state index < -0.39 is 29.9 Å². The van der Waals surface area contributed by atoms with Crippen molar-refractivity contribution < 1.29 is 29.0 Å². The topological polar surface area (TPSA) is 105 Å². The van der Waals surface area contributed by atoms with Crippen LogP contribution in [0.5, 0.6) is 0 Å². The molecule has 1 fully saturated rings. The number of carbonyl (C=O) groups excluding carboxylic acids is 2. The molecule has 2 amide bonds. The number of aliphatic carboxylic acids is 1. The lowest BCUT2D eigenvalue weighted by Crippen LogP contribution is -2.48. The first-order valence-corrected chi connectivity index (χ1v) is 11.0. The normalized spacial score (nSPS) is 19.9. The Kier molecular flexibility index (Phi) is 6.65. The molecule has 8 nitrogen and oxygen atoms in total. The van der Waals surface area contributed by atoms with Crippen molar-refractivity contribution in [2.24, 2.45) is 11.8 Å². The number of benzene rings is 2. The third kappa shape index (κ3) is 4.71. The summed E-state index contributed by atoms with van der Waals surface area (Å²) < 4.78 is 11.0. The molecular formula is C25H28N2O6. The number of rotatable bonds is 7. The van der Waals surface area contributed by atoms with Gasteiger partial charge in [0.1, 0.15) is 6.61 Å². The van der Waals surface area contributed by atoms with Crippen molar-refractivity contribution in [2.75, 3.05) is 33.4 Å². The largest absolute Gasteiger partial charge is 0.481 e. The third-order valence-corrected chi connectivity index (χ3v) is 6.39. The molecule has 1 saturated heterocycles. The molecule has 2 aromatic rings. The average molecular weight is 453 g/mol. The Morgan fingerprint density at radius 1 is 1.09 bits per heavy atom. The molecule has 0 bridgehead atoms. The fraction of sp³-hybridized carbons (Fsp3) is 0.400. The van der Waals surface area contributed by atoms with Gasteiger partial charge >= 0.3 is 12.1 Å². The summed E-state index contributed by atoms with van der Waals surface area (Å²) in [6, 6.07) is 15.7. The summed E-state index contributed by atoms with van der Waals surface area (Å²) in [7, 11) is 1.56. The smallest absolute Gasteiger partial charge is 0.407 e. The van der Waals surface area contributed by atoms with Crippen LogP contribution in [0, 0.1) is 11.8 Å². The predicted octanol–water partition coefficient (Wildman–Crippen LogP) is 2.72. The second-order valence-corrected chi connectivity index (χ2v) is 8.68. The Bertz CT molecular complexity index is 1010. The number of hydrogen-bond acceptors (Lipinski definition) is 5. The highest BCUT2D eigenvalue weighted by atomic mass is 16.5. The molecule has 0 aromatic heterocycles.